The molecule has 5 heteroatoms. The van der Waals surface area contributed by atoms with Crippen LogP contribution in [0.4, 0.5) is 0 Å². The van der Waals surface area contributed by atoms with Gasteiger partial charge in [-0.05, 0) is 19.7 Å². The second-order valence-electron chi connectivity index (χ2n) is 4.53. The third-order valence-corrected chi connectivity index (χ3v) is 3.32. The maximum atomic E-state index is 5.85. The third kappa shape index (κ3) is 2.80. The summed E-state index contributed by atoms with van der Waals surface area (Å²) in [6, 6.07) is 4.20. The number of rotatable bonds is 4. The third-order valence-electron chi connectivity index (χ3n) is 3.32. The van der Waals surface area contributed by atoms with Crippen molar-refractivity contribution in [3.05, 3.63) is 23.9 Å². The molecule has 18 heavy (non-hydrogen) atoms. The second-order valence-corrected chi connectivity index (χ2v) is 4.53. The first-order valence-electron chi connectivity index (χ1n) is 6.22. The molecule has 1 fully saturated rings. The molecule has 0 amide bonds. The second kappa shape index (κ2) is 6.13. The minimum absolute atomic E-state index is 0.156. The molecular weight excluding hydrogens is 230 g/mol. The van der Waals surface area contributed by atoms with Gasteiger partial charge in [0.1, 0.15) is 0 Å². The Morgan fingerprint density at radius 2 is 2.39 bits per heavy atom. The van der Waals surface area contributed by atoms with E-state index in [9.17, 15) is 0 Å². The standard InChI is InChI=1S/C13H21N3O2/c1-14-9-11-13(16(2)6-7-18-11)10-4-5-12(17-3)15-8-10/h4-5,8,11,13-14H,6-7,9H2,1-3H3. The molecule has 1 aromatic heterocycles. The van der Waals surface area contributed by atoms with Crippen LogP contribution in [0, 0.1) is 0 Å². The smallest absolute Gasteiger partial charge is 0.212 e. The maximum Gasteiger partial charge on any atom is 0.212 e. The Hall–Kier alpha value is -1.17. The van der Waals surface area contributed by atoms with Gasteiger partial charge in [-0.2, -0.15) is 0 Å². The zero-order chi connectivity index (χ0) is 13.0. The van der Waals surface area contributed by atoms with E-state index in [-0.39, 0.29) is 12.1 Å². The number of hydrogen-bond donors (Lipinski definition) is 1. The van der Waals surface area contributed by atoms with Crippen molar-refractivity contribution < 1.29 is 9.47 Å². The zero-order valence-corrected chi connectivity index (χ0v) is 11.2. The van der Waals surface area contributed by atoms with Gasteiger partial charge in [0.2, 0.25) is 5.88 Å². The number of nitrogens with zero attached hydrogens (tertiary/aromatic N) is 2. The average molecular weight is 251 g/mol. The molecule has 1 saturated heterocycles. The number of morpholine rings is 1. The highest BCUT2D eigenvalue weighted by Gasteiger charge is 2.31. The molecule has 0 radical (unpaired) electrons. The molecule has 5 nitrogen and oxygen atoms in total. The minimum atomic E-state index is 0.156. The largest absolute Gasteiger partial charge is 0.481 e. The minimum Gasteiger partial charge on any atom is -0.481 e. The fourth-order valence-electron chi connectivity index (χ4n) is 2.39. The first-order valence-corrected chi connectivity index (χ1v) is 6.22. The Bertz CT molecular complexity index is 367. The summed E-state index contributed by atoms with van der Waals surface area (Å²) in [6.07, 6.45) is 2.03. The molecule has 2 unspecified atom stereocenters. The van der Waals surface area contributed by atoms with E-state index >= 15 is 0 Å². The summed E-state index contributed by atoms with van der Waals surface area (Å²) in [5.74, 6) is 0.642. The van der Waals surface area contributed by atoms with Crippen molar-refractivity contribution in [2.24, 2.45) is 0 Å². The predicted octanol–water partition coefficient (Wildman–Crippen LogP) is 0.681. The van der Waals surface area contributed by atoms with Crippen LogP contribution in [0.25, 0.3) is 0 Å². The molecule has 1 aromatic rings. The summed E-state index contributed by atoms with van der Waals surface area (Å²) in [5, 5.41) is 3.18. The summed E-state index contributed by atoms with van der Waals surface area (Å²) >= 11 is 0. The fraction of sp³-hybridized carbons (Fsp3) is 0.615. The van der Waals surface area contributed by atoms with Gasteiger partial charge in [-0.1, -0.05) is 6.07 Å². The van der Waals surface area contributed by atoms with Crippen molar-refractivity contribution in [2.75, 3.05) is 40.9 Å². The molecule has 100 valence electrons. The number of nitrogens with one attached hydrogen (secondary N) is 1. The molecule has 0 aliphatic carbocycles. The highest BCUT2D eigenvalue weighted by Crippen LogP contribution is 2.28. The topological polar surface area (TPSA) is 46.6 Å². The van der Waals surface area contributed by atoms with Gasteiger partial charge in [-0.3, -0.25) is 4.90 Å². The molecule has 0 saturated carbocycles. The quantitative estimate of drug-likeness (QED) is 0.852. The van der Waals surface area contributed by atoms with E-state index in [1.165, 1.54) is 5.56 Å². The van der Waals surface area contributed by atoms with Crippen LogP contribution in [0.2, 0.25) is 0 Å². The first kappa shape index (κ1) is 13.3. The van der Waals surface area contributed by atoms with Gasteiger partial charge in [0.25, 0.3) is 0 Å². The lowest BCUT2D eigenvalue weighted by atomic mass is 10.00. The molecule has 0 spiro atoms. The van der Waals surface area contributed by atoms with Crippen molar-refractivity contribution in [1.82, 2.24) is 15.2 Å². The summed E-state index contributed by atoms with van der Waals surface area (Å²) < 4.78 is 10.9. The summed E-state index contributed by atoms with van der Waals surface area (Å²) in [4.78, 5) is 6.59. The van der Waals surface area contributed by atoms with E-state index in [0.29, 0.717) is 5.88 Å². The Labute approximate surface area is 108 Å². The lowest BCUT2D eigenvalue weighted by Crippen LogP contribution is -2.47. The van der Waals surface area contributed by atoms with Crippen LogP contribution in [0.5, 0.6) is 5.88 Å². The van der Waals surface area contributed by atoms with Crippen LogP contribution in [-0.4, -0.2) is 56.9 Å². The van der Waals surface area contributed by atoms with Crippen LogP contribution in [0.15, 0.2) is 18.3 Å². The highest BCUT2D eigenvalue weighted by atomic mass is 16.5. The van der Waals surface area contributed by atoms with Gasteiger partial charge in [-0.25, -0.2) is 4.98 Å². The predicted molar refractivity (Wildman–Crippen MR) is 69.8 cm³/mol. The van der Waals surface area contributed by atoms with Crippen LogP contribution in [0.3, 0.4) is 0 Å². The van der Waals surface area contributed by atoms with Gasteiger partial charge in [0, 0.05) is 25.4 Å². The van der Waals surface area contributed by atoms with E-state index in [1.54, 1.807) is 7.11 Å². The molecule has 2 atom stereocenters. The van der Waals surface area contributed by atoms with E-state index in [4.69, 9.17) is 9.47 Å². The lowest BCUT2D eigenvalue weighted by Gasteiger charge is -2.39. The van der Waals surface area contributed by atoms with Gasteiger partial charge in [0.05, 0.1) is 25.9 Å². The molecule has 0 aromatic carbocycles. The van der Waals surface area contributed by atoms with Gasteiger partial charge < -0.3 is 14.8 Å². The number of aromatic nitrogens is 1. The van der Waals surface area contributed by atoms with Crippen molar-refractivity contribution in [1.29, 1.82) is 0 Å². The van der Waals surface area contributed by atoms with Gasteiger partial charge >= 0.3 is 0 Å². The van der Waals surface area contributed by atoms with Crippen molar-refractivity contribution in [3.63, 3.8) is 0 Å². The summed E-state index contributed by atoms with van der Waals surface area (Å²) in [5.41, 5.74) is 1.17. The Morgan fingerprint density at radius 1 is 1.56 bits per heavy atom. The van der Waals surface area contributed by atoms with Crippen LogP contribution in [0.1, 0.15) is 11.6 Å². The van der Waals surface area contributed by atoms with Crippen LogP contribution in [-0.2, 0) is 4.74 Å². The number of pyridine rings is 1. The lowest BCUT2D eigenvalue weighted by molar-refractivity contribution is -0.0607. The van der Waals surface area contributed by atoms with Crippen molar-refractivity contribution in [2.45, 2.75) is 12.1 Å². The molecule has 1 aliphatic heterocycles. The Balaban J connectivity index is 2.19. The highest BCUT2D eigenvalue weighted by molar-refractivity contribution is 5.22. The zero-order valence-electron chi connectivity index (χ0n) is 11.2. The summed E-state index contributed by atoms with van der Waals surface area (Å²) in [7, 11) is 5.70. The first-order chi connectivity index (χ1) is 8.76. The molecule has 2 rings (SSSR count). The fourth-order valence-corrected chi connectivity index (χ4v) is 2.39. The number of likely N-dealkylation sites (N-methyl/N-ethyl adjacent to an activating group) is 2. The van der Waals surface area contributed by atoms with Gasteiger partial charge in [0.15, 0.2) is 0 Å². The SMILES string of the molecule is CNCC1OCCN(C)C1c1ccc(OC)nc1. The number of ether oxygens (including phenoxy) is 2. The van der Waals surface area contributed by atoms with Gasteiger partial charge in [-0.15, -0.1) is 0 Å². The van der Waals surface area contributed by atoms with Crippen molar-refractivity contribution >= 4 is 0 Å². The number of hydrogen-bond acceptors (Lipinski definition) is 5. The Morgan fingerprint density at radius 3 is 3.00 bits per heavy atom. The van der Waals surface area contributed by atoms with Crippen LogP contribution >= 0.6 is 0 Å². The molecule has 1 aliphatic rings. The van der Waals surface area contributed by atoms with Crippen LogP contribution < -0.4 is 10.1 Å². The van der Waals surface area contributed by atoms with Crippen molar-refractivity contribution in [3.8, 4) is 5.88 Å². The monoisotopic (exact) mass is 251 g/mol. The summed E-state index contributed by atoms with van der Waals surface area (Å²) in [6.45, 7) is 2.56. The van der Waals surface area contributed by atoms with E-state index < -0.39 is 0 Å². The molecule has 1 N–H and O–H groups in total. The van der Waals surface area contributed by atoms with E-state index in [2.05, 4.69) is 28.3 Å². The molecule has 2 heterocycles. The number of methoxy groups -OCH3 is 1. The van der Waals surface area contributed by atoms with E-state index in [0.717, 1.165) is 19.7 Å². The average Bonchev–Trinajstić information content (AvgIpc) is 2.40. The maximum absolute atomic E-state index is 5.85. The Kier molecular flexibility index (Phi) is 4.52. The normalized spacial score (nSPS) is 25.1. The van der Waals surface area contributed by atoms with E-state index in [1.807, 2.05) is 19.3 Å². The molecule has 0 bridgehead atoms. The molecular formula is C13H21N3O2.